The summed E-state index contributed by atoms with van der Waals surface area (Å²) in [5.41, 5.74) is 2.41. The molecule has 2 amide bonds. The number of carbonyl (C=O) groups is 2. The van der Waals surface area contributed by atoms with Crippen LogP contribution < -0.4 is 21.6 Å². The van der Waals surface area contributed by atoms with E-state index in [1.165, 1.54) is 24.3 Å². The number of benzene rings is 4. The Balaban J connectivity index is 0.000000286. The van der Waals surface area contributed by atoms with Crippen molar-refractivity contribution in [3.63, 3.8) is 0 Å². The number of hydroxylamine groups is 2. The van der Waals surface area contributed by atoms with Crippen LogP contribution in [0.2, 0.25) is 0 Å². The summed E-state index contributed by atoms with van der Waals surface area (Å²) in [6.07, 6.45) is -0.0665. The highest BCUT2D eigenvalue weighted by atomic mass is 127. The van der Waals surface area contributed by atoms with E-state index in [9.17, 15) is 41.0 Å². The van der Waals surface area contributed by atoms with Crippen molar-refractivity contribution in [3.8, 4) is 0 Å². The molecule has 53 heavy (non-hydrogen) atoms. The lowest BCUT2D eigenvalue weighted by atomic mass is 10.1. The smallest absolute Gasteiger partial charge is 0.277 e. The van der Waals surface area contributed by atoms with Gasteiger partial charge in [0, 0.05) is 7.14 Å². The first-order valence-corrected chi connectivity index (χ1v) is 17.9. The molecule has 18 heteroatoms. The maximum atomic E-state index is 14.2. The zero-order valence-corrected chi connectivity index (χ0v) is 32.3. The zero-order valence-electron chi connectivity index (χ0n) is 28.0. The highest BCUT2D eigenvalue weighted by Gasteiger charge is 2.22. The molecule has 2 atom stereocenters. The van der Waals surface area contributed by atoms with Crippen LogP contribution in [0.5, 0.6) is 0 Å². The number of carbonyl (C=O) groups excluding carboxylic acids is 2. The zero-order chi connectivity index (χ0) is 39.2. The summed E-state index contributed by atoms with van der Waals surface area (Å²) in [5, 5.41) is 23.4. The van der Waals surface area contributed by atoms with Crippen molar-refractivity contribution in [2.24, 2.45) is 0 Å². The first-order valence-electron chi connectivity index (χ1n) is 15.7. The molecule has 0 fully saturated rings. The number of nitrogens with one attached hydrogen (secondary N) is 4. The molecule has 0 saturated heterocycles. The van der Waals surface area contributed by atoms with Crippen LogP contribution in [0, 0.1) is 42.0 Å². The highest BCUT2D eigenvalue weighted by molar-refractivity contribution is 14.1. The van der Waals surface area contributed by atoms with Gasteiger partial charge in [0.1, 0.15) is 11.6 Å². The van der Waals surface area contributed by atoms with Crippen LogP contribution in [0.1, 0.15) is 53.8 Å². The Hall–Kier alpha value is -3.70. The lowest BCUT2D eigenvalue weighted by molar-refractivity contribution is 0.0161. The Bertz CT molecular complexity index is 1890. The Morgan fingerprint density at radius 2 is 1.08 bits per heavy atom. The molecule has 2 unspecified atom stereocenters. The van der Waals surface area contributed by atoms with Gasteiger partial charge < -0.3 is 20.8 Å². The molecule has 4 aromatic carbocycles. The van der Waals surface area contributed by atoms with Crippen molar-refractivity contribution in [1.29, 1.82) is 0 Å². The summed E-state index contributed by atoms with van der Waals surface area (Å²) in [7, 11) is 0. The standard InChI is InChI=1S/C18H18F3IN2O3.C17H16F3IN2O3/c1-2-11(25)7-8-27-24-18(26)12-4-5-13(19)16(21)17(12)23-15-6-3-10(22)9-14(15)20;1-9(24)6-7-26-23-17(25)11-3-4-12(18)15(20)16(11)22-14-5-2-10(21)8-13(14)19/h3-6,9,11,23,25H,2,7-8H2,1H3,(H,24,26);2-5,8-9,22,24H,6-7H2,1H3,(H,23,25). The summed E-state index contributed by atoms with van der Waals surface area (Å²) in [6.45, 7) is 3.42. The van der Waals surface area contributed by atoms with E-state index in [0.29, 0.717) is 20.0 Å². The van der Waals surface area contributed by atoms with E-state index >= 15 is 0 Å². The normalized spacial score (nSPS) is 11.9. The Kier molecular flexibility index (Phi) is 17.5. The van der Waals surface area contributed by atoms with Gasteiger partial charge in [0.25, 0.3) is 11.8 Å². The van der Waals surface area contributed by atoms with Gasteiger partial charge in [-0.15, -0.1) is 0 Å². The molecule has 0 aliphatic rings. The molecule has 0 aromatic heterocycles. The van der Waals surface area contributed by atoms with E-state index in [2.05, 4.69) is 21.6 Å². The van der Waals surface area contributed by atoms with Crippen LogP contribution in [0.15, 0.2) is 60.7 Å². The molecule has 0 radical (unpaired) electrons. The minimum absolute atomic E-state index is 0.0294. The Labute approximate surface area is 327 Å². The molecular formula is C35H34F6I2N4O6. The van der Waals surface area contributed by atoms with Crippen LogP contribution in [0.4, 0.5) is 49.1 Å². The number of aliphatic hydroxyl groups excluding tert-OH is 2. The van der Waals surface area contributed by atoms with E-state index in [0.717, 1.165) is 24.3 Å². The average Bonchev–Trinajstić information content (AvgIpc) is 3.11. The van der Waals surface area contributed by atoms with Gasteiger partial charge in [-0.25, -0.2) is 37.3 Å². The van der Waals surface area contributed by atoms with E-state index in [-0.39, 0.29) is 42.1 Å². The molecule has 0 aliphatic carbocycles. The predicted octanol–water partition coefficient (Wildman–Crippen LogP) is 8.16. The topological polar surface area (TPSA) is 141 Å². The largest absolute Gasteiger partial charge is 0.393 e. The average molecular weight is 974 g/mol. The van der Waals surface area contributed by atoms with Crippen molar-refractivity contribution in [3.05, 3.63) is 114 Å². The van der Waals surface area contributed by atoms with Crippen molar-refractivity contribution in [2.45, 2.75) is 45.3 Å². The third kappa shape index (κ3) is 13.3. The SMILES string of the molecule is CC(O)CCONC(=O)c1ccc(F)c(F)c1Nc1ccc(I)cc1F.CCC(O)CCONC(=O)c1ccc(F)c(F)c1Nc1ccc(I)cc1F. The first-order chi connectivity index (χ1) is 25.1. The van der Waals surface area contributed by atoms with Crippen molar-refractivity contribution >= 4 is 79.7 Å². The van der Waals surface area contributed by atoms with E-state index in [4.69, 9.17) is 14.8 Å². The minimum atomic E-state index is -1.32. The molecule has 0 heterocycles. The van der Waals surface area contributed by atoms with Gasteiger partial charge in [-0.1, -0.05) is 6.92 Å². The van der Waals surface area contributed by atoms with Crippen molar-refractivity contribution in [1.82, 2.24) is 11.0 Å². The highest BCUT2D eigenvalue weighted by Crippen LogP contribution is 2.30. The maximum Gasteiger partial charge on any atom is 0.277 e. The lowest BCUT2D eigenvalue weighted by Gasteiger charge is -2.15. The quantitative estimate of drug-likeness (QED) is 0.0304. The molecule has 10 nitrogen and oxygen atoms in total. The van der Waals surface area contributed by atoms with Gasteiger partial charge in [0.2, 0.25) is 0 Å². The number of rotatable bonds is 15. The fourth-order valence-electron chi connectivity index (χ4n) is 4.15. The number of amides is 2. The second-order valence-corrected chi connectivity index (χ2v) is 13.6. The van der Waals surface area contributed by atoms with Gasteiger partial charge in [0.15, 0.2) is 23.3 Å². The summed E-state index contributed by atoms with van der Waals surface area (Å²) >= 11 is 3.81. The van der Waals surface area contributed by atoms with Crippen LogP contribution >= 0.6 is 45.2 Å². The van der Waals surface area contributed by atoms with Gasteiger partial charge in [0.05, 0.1) is 59.3 Å². The second-order valence-electron chi connectivity index (χ2n) is 11.1. The molecular weight excluding hydrogens is 940 g/mol. The number of aliphatic hydroxyl groups is 2. The summed E-state index contributed by atoms with van der Waals surface area (Å²) < 4.78 is 84.9. The number of hydrogen-bond donors (Lipinski definition) is 6. The molecule has 4 rings (SSSR count). The van der Waals surface area contributed by atoms with E-state index in [1.807, 2.05) is 45.2 Å². The maximum absolute atomic E-state index is 14.2. The van der Waals surface area contributed by atoms with Crippen molar-refractivity contribution in [2.75, 3.05) is 23.8 Å². The van der Waals surface area contributed by atoms with Gasteiger partial charge in [-0.05, 0) is 132 Å². The fourth-order valence-corrected chi connectivity index (χ4v) is 5.05. The second kappa shape index (κ2) is 21.3. The number of hydrogen-bond acceptors (Lipinski definition) is 8. The van der Waals surface area contributed by atoms with Gasteiger partial charge >= 0.3 is 0 Å². The molecule has 286 valence electrons. The molecule has 0 aliphatic heterocycles. The Morgan fingerprint density at radius 1 is 0.660 bits per heavy atom. The van der Waals surface area contributed by atoms with Crippen LogP contribution in [0.3, 0.4) is 0 Å². The van der Waals surface area contributed by atoms with Crippen LogP contribution in [0.25, 0.3) is 0 Å². The van der Waals surface area contributed by atoms with Gasteiger partial charge in [-0.3, -0.25) is 19.3 Å². The monoisotopic (exact) mass is 974 g/mol. The molecule has 4 aromatic rings. The van der Waals surface area contributed by atoms with E-state index in [1.54, 1.807) is 26.0 Å². The molecule has 0 spiro atoms. The lowest BCUT2D eigenvalue weighted by Crippen LogP contribution is -2.26. The predicted molar refractivity (Wildman–Crippen MR) is 202 cm³/mol. The summed E-state index contributed by atoms with van der Waals surface area (Å²) in [4.78, 5) is 34.3. The Morgan fingerprint density at radius 3 is 1.45 bits per heavy atom. The van der Waals surface area contributed by atoms with Gasteiger partial charge in [-0.2, -0.15) is 0 Å². The van der Waals surface area contributed by atoms with E-state index < -0.39 is 70.3 Å². The third-order valence-corrected chi connectivity index (χ3v) is 8.39. The molecule has 6 N–H and O–H groups in total. The van der Waals surface area contributed by atoms with Crippen LogP contribution in [-0.2, 0) is 9.68 Å². The molecule has 0 bridgehead atoms. The summed E-state index contributed by atoms with van der Waals surface area (Å²) in [6, 6.07) is 12.0. The number of anilines is 4. The first kappa shape index (κ1) is 43.7. The third-order valence-electron chi connectivity index (χ3n) is 7.05. The van der Waals surface area contributed by atoms with Crippen LogP contribution in [-0.4, -0.2) is 47.4 Å². The molecule has 0 saturated carbocycles. The van der Waals surface area contributed by atoms with Crippen molar-refractivity contribution < 1.29 is 55.8 Å². The number of halogens is 8. The minimum Gasteiger partial charge on any atom is -0.393 e. The fraction of sp³-hybridized carbons (Fsp3) is 0.257. The summed E-state index contributed by atoms with van der Waals surface area (Å²) in [5.74, 6) is -8.06.